The van der Waals surface area contributed by atoms with Crippen LogP contribution in [-0.2, 0) is 11.2 Å². The third-order valence-electron chi connectivity index (χ3n) is 2.03. The SMILES string of the molecule is CN(CC#N)C(=O)Cc1ccccc1Cl. The summed E-state index contributed by atoms with van der Waals surface area (Å²) in [7, 11) is 1.60. The van der Waals surface area contributed by atoms with Gasteiger partial charge in [-0.25, -0.2) is 0 Å². The molecule has 0 fully saturated rings. The zero-order chi connectivity index (χ0) is 11.3. The number of likely N-dealkylation sites (N-methyl/N-ethyl adjacent to an activating group) is 1. The number of halogens is 1. The van der Waals surface area contributed by atoms with Crippen LogP contribution in [0.25, 0.3) is 0 Å². The lowest BCUT2D eigenvalue weighted by molar-refractivity contribution is -0.128. The normalized spacial score (nSPS) is 9.40. The molecule has 1 aromatic carbocycles. The van der Waals surface area contributed by atoms with Gasteiger partial charge in [0.2, 0.25) is 5.91 Å². The van der Waals surface area contributed by atoms with Gasteiger partial charge in [0.25, 0.3) is 0 Å². The first-order valence-corrected chi connectivity index (χ1v) is 4.87. The second-order valence-electron chi connectivity index (χ2n) is 3.18. The highest BCUT2D eigenvalue weighted by Crippen LogP contribution is 2.15. The number of benzene rings is 1. The zero-order valence-corrected chi connectivity index (χ0v) is 9.16. The smallest absolute Gasteiger partial charge is 0.227 e. The highest BCUT2D eigenvalue weighted by Gasteiger charge is 2.10. The quantitative estimate of drug-likeness (QED) is 0.733. The molecule has 0 aromatic heterocycles. The van der Waals surface area contributed by atoms with Crippen LogP contribution >= 0.6 is 11.6 Å². The molecule has 78 valence electrons. The number of nitrogens with zero attached hydrogens (tertiary/aromatic N) is 2. The van der Waals surface area contributed by atoms with E-state index in [2.05, 4.69) is 0 Å². The van der Waals surface area contributed by atoms with Crippen molar-refractivity contribution >= 4 is 17.5 Å². The van der Waals surface area contributed by atoms with E-state index in [1.165, 1.54) is 4.90 Å². The van der Waals surface area contributed by atoms with Gasteiger partial charge in [-0.3, -0.25) is 4.79 Å². The zero-order valence-electron chi connectivity index (χ0n) is 8.40. The minimum absolute atomic E-state index is 0.100. The third-order valence-corrected chi connectivity index (χ3v) is 2.40. The Kier molecular flexibility index (Phi) is 4.14. The van der Waals surface area contributed by atoms with E-state index in [9.17, 15) is 4.79 Å². The average molecular weight is 223 g/mol. The monoisotopic (exact) mass is 222 g/mol. The van der Waals surface area contributed by atoms with Crippen molar-refractivity contribution in [3.8, 4) is 6.07 Å². The van der Waals surface area contributed by atoms with Crippen LogP contribution < -0.4 is 0 Å². The predicted molar refractivity (Wildman–Crippen MR) is 58.4 cm³/mol. The lowest BCUT2D eigenvalue weighted by Gasteiger charge is -2.13. The maximum absolute atomic E-state index is 11.6. The van der Waals surface area contributed by atoms with Gasteiger partial charge in [-0.15, -0.1) is 0 Å². The van der Waals surface area contributed by atoms with Gasteiger partial charge in [0.1, 0.15) is 6.54 Å². The standard InChI is InChI=1S/C11H11ClN2O/c1-14(7-6-13)11(15)8-9-4-2-3-5-10(9)12/h2-5H,7-8H2,1H3. The summed E-state index contributed by atoms with van der Waals surface area (Å²) in [5.74, 6) is -0.107. The van der Waals surface area contributed by atoms with Crippen LogP contribution in [-0.4, -0.2) is 24.4 Å². The molecule has 0 bridgehead atoms. The Labute approximate surface area is 93.9 Å². The van der Waals surface area contributed by atoms with E-state index < -0.39 is 0 Å². The highest BCUT2D eigenvalue weighted by molar-refractivity contribution is 6.31. The van der Waals surface area contributed by atoms with Crippen molar-refractivity contribution in [1.82, 2.24) is 4.90 Å². The first kappa shape index (κ1) is 11.5. The molecule has 15 heavy (non-hydrogen) atoms. The van der Waals surface area contributed by atoms with Gasteiger partial charge in [0.15, 0.2) is 0 Å². The molecule has 0 radical (unpaired) electrons. The topological polar surface area (TPSA) is 44.1 Å². The molecule has 4 heteroatoms. The van der Waals surface area contributed by atoms with E-state index in [4.69, 9.17) is 16.9 Å². The van der Waals surface area contributed by atoms with Crippen molar-refractivity contribution in [2.45, 2.75) is 6.42 Å². The molecule has 0 saturated carbocycles. The van der Waals surface area contributed by atoms with Crippen molar-refractivity contribution in [3.05, 3.63) is 34.9 Å². The van der Waals surface area contributed by atoms with Crippen LogP contribution in [0.5, 0.6) is 0 Å². The fourth-order valence-electron chi connectivity index (χ4n) is 1.13. The molecule has 1 amide bonds. The second-order valence-corrected chi connectivity index (χ2v) is 3.58. The molecule has 1 aromatic rings. The van der Waals surface area contributed by atoms with E-state index in [0.717, 1.165) is 5.56 Å². The van der Waals surface area contributed by atoms with E-state index in [1.807, 2.05) is 18.2 Å². The molecule has 0 saturated heterocycles. The summed E-state index contributed by atoms with van der Waals surface area (Å²) in [4.78, 5) is 12.9. The predicted octanol–water partition coefficient (Wildman–Crippen LogP) is 1.86. The molecule has 1 rings (SSSR count). The van der Waals surface area contributed by atoms with Gasteiger partial charge in [-0.1, -0.05) is 29.8 Å². The molecular weight excluding hydrogens is 212 g/mol. The summed E-state index contributed by atoms with van der Waals surface area (Å²) in [6.45, 7) is 0.100. The number of nitriles is 1. The number of hydrogen-bond acceptors (Lipinski definition) is 2. The van der Waals surface area contributed by atoms with Crippen LogP contribution in [0.15, 0.2) is 24.3 Å². The molecule has 0 spiro atoms. The van der Waals surface area contributed by atoms with Crippen molar-refractivity contribution in [1.29, 1.82) is 5.26 Å². The van der Waals surface area contributed by atoms with Gasteiger partial charge in [-0.05, 0) is 11.6 Å². The molecular formula is C11H11ClN2O. The molecule has 0 atom stereocenters. The van der Waals surface area contributed by atoms with Gasteiger partial charge >= 0.3 is 0 Å². The summed E-state index contributed by atoms with van der Waals surface area (Å²) in [5, 5.41) is 9.02. The second kappa shape index (κ2) is 5.38. The first-order chi connectivity index (χ1) is 7.15. The van der Waals surface area contributed by atoms with E-state index in [1.54, 1.807) is 19.2 Å². The third kappa shape index (κ3) is 3.26. The van der Waals surface area contributed by atoms with Crippen LogP contribution in [0.2, 0.25) is 5.02 Å². The van der Waals surface area contributed by atoms with Crippen molar-refractivity contribution in [3.63, 3.8) is 0 Å². The largest absolute Gasteiger partial charge is 0.332 e. The Morgan fingerprint density at radius 3 is 2.80 bits per heavy atom. The highest BCUT2D eigenvalue weighted by atomic mass is 35.5. The van der Waals surface area contributed by atoms with E-state index in [-0.39, 0.29) is 18.9 Å². The number of amides is 1. The minimum Gasteiger partial charge on any atom is -0.332 e. The Morgan fingerprint density at radius 2 is 2.20 bits per heavy atom. The Hall–Kier alpha value is -1.53. The summed E-state index contributed by atoms with van der Waals surface area (Å²) < 4.78 is 0. The van der Waals surface area contributed by atoms with Gasteiger partial charge in [0, 0.05) is 12.1 Å². The van der Waals surface area contributed by atoms with E-state index in [0.29, 0.717) is 5.02 Å². The van der Waals surface area contributed by atoms with Gasteiger partial charge in [-0.2, -0.15) is 5.26 Å². The van der Waals surface area contributed by atoms with Gasteiger partial charge in [0.05, 0.1) is 12.5 Å². The first-order valence-electron chi connectivity index (χ1n) is 4.49. The lowest BCUT2D eigenvalue weighted by Crippen LogP contribution is -2.28. The molecule has 0 aliphatic heterocycles. The minimum atomic E-state index is -0.107. The fraction of sp³-hybridized carbons (Fsp3) is 0.273. The molecule has 0 aliphatic carbocycles. The summed E-state index contributed by atoms with van der Waals surface area (Å²) in [6.07, 6.45) is 0.234. The molecule has 3 nitrogen and oxygen atoms in total. The number of carbonyl (C=O) groups is 1. The molecule has 0 unspecified atom stereocenters. The maximum Gasteiger partial charge on any atom is 0.227 e. The number of carbonyl (C=O) groups excluding carboxylic acids is 1. The van der Waals surface area contributed by atoms with Crippen LogP contribution in [0.3, 0.4) is 0 Å². The maximum atomic E-state index is 11.6. The number of hydrogen-bond donors (Lipinski definition) is 0. The fourth-order valence-corrected chi connectivity index (χ4v) is 1.34. The van der Waals surface area contributed by atoms with Crippen molar-refractivity contribution in [2.75, 3.05) is 13.6 Å². The summed E-state index contributed by atoms with van der Waals surface area (Å²) in [6, 6.07) is 9.12. The molecule has 0 heterocycles. The van der Waals surface area contributed by atoms with Crippen molar-refractivity contribution in [2.24, 2.45) is 0 Å². The van der Waals surface area contributed by atoms with Crippen LogP contribution in [0.4, 0.5) is 0 Å². The van der Waals surface area contributed by atoms with Crippen LogP contribution in [0, 0.1) is 11.3 Å². The Bertz CT molecular complexity index is 398. The Balaban J connectivity index is 2.67. The van der Waals surface area contributed by atoms with Gasteiger partial charge < -0.3 is 4.90 Å². The van der Waals surface area contributed by atoms with Crippen LogP contribution in [0.1, 0.15) is 5.56 Å². The van der Waals surface area contributed by atoms with Crippen molar-refractivity contribution < 1.29 is 4.79 Å². The number of rotatable bonds is 3. The van der Waals surface area contributed by atoms with E-state index >= 15 is 0 Å². The molecule has 0 N–H and O–H groups in total. The average Bonchev–Trinajstić information content (AvgIpc) is 2.21. The summed E-state index contributed by atoms with van der Waals surface area (Å²) >= 11 is 5.91. The summed E-state index contributed by atoms with van der Waals surface area (Å²) in [5.41, 5.74) is 0.786. The molecule has 0 aliphatic rings. The Morgan fingerprint density at radius 1 is 1.53 bits per heavy atom. The lowest BCUT2D eigenvalue weighted by atomic mass is 10.1.